The lowest BCUT2D eigenvalue weighted by Gasteiger charge is -2.06. The lowest BCUT2D eigenvalue weighted by Crippen LogP contribution is -2.02. The Bertz CT molecular complexity index is 658. The van der Waals surface area contributed by atoms with Crippen molar-refractivity contribution in [2.75, 3.05) is 0 Å². The molecule has 2 rings (SSSR count). The summed E-state index contributed by atoms with van der Waals surface area (Å²) in [5.41, 5.74) is 1.22. The summed E-state index contributed by atoms with van der Waals surface area (Å²) in [7, 11) is 0. The maximum atomic E-state index is 12.5. The molecule has 0 saturated heterocycles. The van der Waals surface area contributed by atoms with Crippen LogP contribution in [-0.4, -0.2) is 15.0 Å². The van der Waals surface area contributed by atoms with Crippen LogP contribution in [0.1, 0.15) is 23.3 Å². The number of thiazole rings is 1. The Morgan fingerprint density at radius 3 is 2.63 bits per heavy atom. The van der Waals surface area contributed by atoms with Gasteiger partial charge in [0.25, 0.3) is 0 Å². The highest BCUT2D eigenvalue weighted by molar-refractivity contribution is 7.71. The van der Waals surface area contributed by atoms with Gasteiger partial charge in [-0.05, 0) is 6.92 Å². The van der Waals surface area contributed by atoms with E-state index in [0.29, 0.717) is 44.4 Å². The molecule has 0 bridgehead atoms. The first kappa shape index (κ1) is 14.1. The highest BCUT2D eigenvalue weighted by Gasteiger charge is 2.34. The molecular formula is C11H10F3N3S2. The molecule has 8 heteroatoms. The number of H-pyrrole nitrogens is 1. The maximum absolute atomic E-state index is 12.5. The van der Waals surface area contributed by atoms with Crippen molar-refractivity contribution in [2.24, 2.45) is 0 Å². The van der Waals surface area contributed by atoms with Gasteiger partial charge in [0.1, 0.15) is 10.5 Å². The Balaban J connectivity index is 2.56. The average molecular weight is 305 g/mol. The third kappa shape index (κ3) is 2.84. The number of halogens is 3. The number of aryl methyl sites for hydroxylation is 1. The van der Waals surface area contributed by atoms with Gasteiger partial charge in [-0.1, -0.05) is 19.1 Å². The zero-order valence-corrected chi connectivity index (χ0v) is 11.8. The van der Waals surface area contributed by atoms with Gasteiger partial charge in [-0.15, -0.1) is 11.3 Å². The van der Waals surface area contributed by atoms with E-state index in [1.807, 2.05) is 6.92 Å². The van der Waals surface area contributed by atoms with Crippen molar-refractivity contribution in [3.63, 3.8) is 0 Å². The molecule has 2 aromatic rings. The van der Waals surface area contributed by atoms with Crippen molar-refractivity contribution in [1.29, 1.82) is 0 Å². The molecule has 0 saturated carbocycles. The van der Waals surface area contributed by atoms with Crippen LogP contribution in [0, 0.1) is 11.6 Å². The summed E-state index contributed by atoms with van der Waals surface area (Å²) < 4.78 is 38.0. The van der Waals surface area contributed by atoms with Gasteiger partial charge in [-0.3, -0.25) is 0 Å². The van der Waals surface area contributed by atoms with Crippen LogP contribution in [-0.2, 0) is 12.6 Å². The fraction of sp³-hybridized carbons (Fsp3) is 0.364. The fourth-order valence-electron chi connectivity index (χ4n) is 1.51. The second-order valence-corrected chi connectivity index (χ2v) is 5.29. The number of nitrogens with zero attached hydrogens (tertiary/aromatic N) is 2. The quantitative estimate of drug-likeness (QED) is 0.847. The summed E-state index contributed by atoms with van der Waals surface area (Å²) in [4.78, 5) is 11.0. The molecule has 0 unspecified atom stereocenters. The molecule has 0 radical (unpaired) electrons. The van der Waals surface area contributed by atoms with Gasteiger partial charge in [0.15, 0.2) is 5.01 Å². The van der Waals surface area contributed by atoms with Crippen molar-refractivity contribution < 1.29 is 13.2 Å². The van der Waals surface area contributed by atoms with Gasteiger partial charge in [0, 0.05) is 18.2 Å². The first-order valence-electron chi connectivity index (χ1n) is 5.46. The van der Waals surface area contributed by atoms with E-state index in [4.69, 9.17) is 12.2 Å². The van der Waals surface area contributed by atoms with Gasteiger partial charge in [-0.2, -0.15) is 13.2 Å². The Morgan fingerprint density at radius 2 is 2.11 bits per heavy atom. The van der Waals surface area contributed by atoms with Crippen LogP contribution in [0.5, 0.6) is 0 Å². The monoisotopic (exact) mass is 305 g/mol. The zero-order valence-electron chi connectivity index (χ0n) is 10.1. The largest absolute Gasteiger partial charge is 0.443 e. The number of alkyl halides is 3. The lowest BCUT2D eigenvalue weighted by atomic mass is 10.2. The Morgan fingerprint density at radius 1 is 1.42 bits per heavy atom. The highest BCUT2D eigenvalue weighted by atomic mass is 32.1. The van der Waals surface area contributed by atoms with E-state index >= 15 is 0 Å². The molecule has 1 N–H and O–H groups in total. The minimum atomic E-state index is -4.42. The van der Waals surface area contributed by atoms with Gasteiger partial charge >= 0.3 is 6.18 Å². The summed E-state index contributed by atoms with van der Waals surface area (Å²) in [6.07, 6.45) is -2.59. The summed E-state index contributed by atoms with van der Waals surface area (Å²) in [5.74, 6) is 0.646. The molecule has 0 amide bonds. The second kappa shape index (κ2) is 5.01. The van der Waals surface area contributed by atoms with Crippen LogP contribution in [0.25, 0.3) is 10.6 Å². The summed E-state index contributed by atoms with van der Waals surface area (Å²) >= 11 is 5.70. The van der Waals surface area contributed by atoms with Crippen molar-refractivity contribution >= 4 is 23.6 Å². The molecule has 2 aromatic heterocycles. The van der Waals surface area contributed by atoms with Crippen molar-refractivity contribution in [3.8, 4) is 10.6 Å². The lowest BCUT2D eigenvalue weighted by molar-refractivity contribution is -0.137. The number of rotatable bonds is 2. The molecule has 0 fully saturated rings. The normalized spacial score (nSPS) is 11.8. The van der Waals surface area contributed by atoms with Gasteiger partial charge in [0.2, 0.25) is 0 Å². The molecule has 0 aliphatic heterocycles. The Labute approximate surface area is 116 Å². The average Bonchev–Trinajstić information content (AvgIpc) is 2.81. The van der Waals surface area contributed by atoms with Crippen LogP contribution < -0.4 is 0 Å². The maximum Gasteiger partial charge on any atom is 0.443 e. The van der Waals surface area contributed by atoms with E-state index in [1.54, 1.807) is 6.92 Å². The van der Waals surface area contributed by atoms with E-state index in [-0.39, 0.29) is 0 Å². The molecule has 102 valence electrons. The van der Waals surface area contributed by atoms with Crippen molar-refractivity contribution in [2.45, 2.75) is 26.4 Å². The van der Waals surface area contributed by atoms with Gasteiger partial charge in [0.05, 0.1) is 10.6 Å². The first-order valence-corrected chi connectivity index (χ1v) is 6.68. The molecular weight excluding hydrogens is 295 g/mol. The number of hydrogen-bond donors (Lipinski definition) is 1. The minimum Gasteiger partial charge on any atom is -0.342 e. The highest BCUT2D eigenvalue weighted by Crippen LogP contribution is 2.36. The van der Waals surface area contributed by atoms with Gasteiger partial charge < -0.3 is 4.98 Å². The standard InChI is InChI=1S/C11H10F3N3S2/c1-3-7-16-8(5(2)9(18)17-7)6-4-15-10(19-6)11(12,13)14/h4H,3H2,1-2H3,(H,16,17,18). The number of nitrogens with one attached hydrogen (secondary N) is 1. The summed E-state index contributed by atoms with van der Waals surface area (Å²) in [6, 6.07) is 0. The molecule has 0 aliphatic carbocycles. The van der Waals surface area contributed by atoms with Crippen molar-refractivity contribution in [3.05, 3.63) is 27.2 Å². The van der Waals surface area contributed by atoms with Crippen LogP contribution in [0.3, 0.4) is 0 Å². The SMILES string of the molecule is CCc1nc(=S)c(C)c(-c2cnc(C(F)(F)F)s2)[nH]1. The molecule has 2 heterocycles. The Hall–Kier alpha value is -1.28. The number of aromatic amines is 1. The second-order valence-electron chi connectivity index (χ2n) is 3.87. The molecule has 0 spiro atoms. The van der Waals surface area contributed by atoms with E-state index in [1.165, 1.54) is 6.20 Å². The summed E-state index contributed by atoms with van der Waals surface area (Å²) in [6.45, 7) is 3.62. The molecule has 0 atom stereocenters. The third-order valence-electron chi connectivity index (χ3n) is 2.53. The van der Waals surface area contributed by atoms with Crippen LogP contribution in [0.4, 0.5) is 13.2 Å². The van der Waals surface area contributed by atoms with E-state index in [2.05, 4.69) is 15.0 Å². The van der Waals surface area contributed by atoms with Gasteiger partial charge in [-0.25, -0.2) is 9.97 Å². The number of hydrogen-bond acceptors (Lipinski definition) is 4. The molecule has 0 aliphatic rings. The van der Waals surface area contributed by atoms with E-state index in [9.17, 15) is 13.2 Å². The fourth-order valence-corrected chi connectivity index (χ4v) is 2.57. The molecule has 3 nitrogen and oxygen atoms in total. The molecule has 19 heavy (non-hydrogen) atoms. The minimum absolute atomic E-state index is 0.396. The van der Waals surface area contributed by atoms with Crippen molar-refractivity contribution in [1.82, 2.24) is 15.0 Å². The molecule has 0 aromatic carbocycles. The van der Waals surface area contributed by atoms with Crippen LogP contribution in [0.15, 0.2) is 6.20 Å². The smallest absolute Gasteiger partial charge is 0.342 e. The topological polar surface area (TPSA) is 41.6 Å². The van der Waals surface area contributed by atoms with Crippen LogP contribution >= 0.6 is 23.6 Å². The number of aromatic nitrogens is 3. The predicted molar refractivity (Wildman–Crippen MR) is 69.6 cm³/mol. The summed E-state index contributed by atoms with van der Waals surface area (Å²) in [5, 5.41) is -0.865. The van der Waals surface area contributed by atoms with Crippen LogP contribution in [0.2, 0.25) is 0 Å². The van der Waals surface area contributed by atoms with E-state index in [0.717, 1.165) is 0 Å². The predicted octanol–water partition coefficient (Wildman–Crippen LogP) is 4.15. The van der Waals surface area contributed by atoms with E-state index < -0.39 is 11.2 Å². The Kier molecular flexibility index (Phi) is 3.73. The zero-order chi connectivity index (χ0) is 14.2. The third-order valence-corrected chi connectivity index (χ3v) is 3.99. The first-order chi connectivity index (χ1) is 8.82.